The molecular weight excluding hydrogens is 515 g/mol. The highest BCUT2D eigenvalue weighted by Gasteiger charge is 2.21. The fourth-order valence-electron chi connectivity index (χ4n) is 4.34. The van der Waals surface area contributed by atoms with Crippen LogP contribution in [0.5, 0.6) is 0 Å². The molecule has 1 atom stereocenters. The van der Waals surface area contributed by atoms with Crippen LogP contribution in [0.3, 0.4) is 0 Å². The van der Waals surface area contributed by atoms with E-state index in [9.17, 15) is 4.79 Å². The number of nitrogen functional groups attached to an aromatic ring is 1. The number of fused-ring (bicyclic) bond motifs is 1. The Labute approximate surface area is 223 Å². The third-order valence-electron chi connectivity index (χ3n) is 6.04. The summed E-state index contributed by atoms with van der Waals surface area (Å²) in [6, 6.07) is 12.9. The lowest BCUT2D eigenvalue weighted by molar-refractivity contribution is 0.0248. The number of nitrogens with one attached hydrogen (secondary N) is 1. The monoisotopic (exact) mass is 540 g/mol. The Bertz CT molecular complexity index is 1470. The highest BCUT2D eigenvalue weighted by Crippen LogP contribution is 2.30. The summed E-state index contributed by atoms with van der Waals surface area (Å²) in [5, 5.41) is 4.11. The lowest BCUT2D eigenvalue weighted by Gasteiger charge is -2.35. The zero-order chi connectivity index (χ0) is 26.1. The lowest BCUT2D eigenvalue weighted by atomic mass is 10.2. The van der Waals surface area contributed by atoms with Crippen LogP contribution in [0.4, 0.5) is 23.1 Å². The topological polar surface area (TPSA) is 114 Å². The van der Waals surface area contributed by atoms with Crippen molar-refractivity contribution < 1.29 is 4.74 Å². The number of ether oxygens (including phenoxy) is 1. The molecule has 0 radical (unpaired) electrons. The Morgan fingerprint density at radius 1 is 1.14 bits per heavy atom. The molecule has 0 bridgehead atoms. The summed E-state index contributed by atoms with van der Waals surface area (Å²) in [6.45, 7) is 3.26. The van der Waals surface area contributed by atoms with E-state index in [1.807, 2.05) is 38.4 Å². The summed E-state index contributed by atoms with van der Waals surface area (Å²) in [5.74, 6) is 0.386. The predicted molar refractivity (Wildman–Crippen MR) is 148 cm³/mol. The van der Waals surface area contributed by atoms with Gasteiger partial charge >= 0.3 is 5.69 Å². The number of morpholine rings is 1. The van der Waals surface area contributed by atoms with Crippen LogP contribution in [0.15, 0.2) is 53.5 Å². The molecule has 10 nitrogen and oxygen atoms in total. The normalized spacial score (nSPS) is 15.9. The van der Waals surface area contributed by atoms with E-state index in [0.29, 0.717) is 12.0 Å². The van der Waals surface area contributed by atoms with Gasteiger partial charge in [0.05, 0.1) is 33.8 Å². The number of benzene rings is 2. The molecule has 37 heavy (non-hydrogen) atoms. The standard InChI is InChI=1S/C25H26Cl2N8O2/c1-33(2)13-17-14-34(10-11-37-17)16-8-6-15(7-9-16)30-24-29-12-18-22(28)35(25(36)32-23(18)31-24)21-19(26)4-3-5-20(21)27/h3-9,12,17H,10-11,13-14,28H2,1-2H3,(H,30,31,32,36). The van der Waals surface area contributed by atoms with Gasteiger partial charge in [-0.15, -0.1) is 0 Å². The smallest absolute Gasteiger partial charge is 0.355 e. The van der Waals surface area contributed by atoms with Crippen LogP contribution in [-0.2, 0) is 4.74 Å². The Balaban J connectivity index is 1.37. The maximum Gasteiger partial charge on any atom is 0.355 e. The number of para-hydroxylation sites is 1. The highest BCUT2D eigenvalue weighted by atomic mass is 35.5. The fourth-order valence-corrected chi connectivity index (χ4v) is 4.90. The van der Waals surface area contributed by atoms with Crippen LogP contribution in [0, 0.1) is 0 Å². The second-order valence-electron chi connectivity index (χ2n) is 8.99. The number of halogens is 2. The second kappa shape index (κ2) is 10.5. The molecule has 1 aliphatic heterocycles. The van der Waals surface area contributed by atoms with Crippen LogP contribution >= 0.6 is 23.2 Å². The maximum atomic E-state index is 12.9. The molecule has 1 aliphatic rings. The van der Waals surface area contributed by atoms with Crippen LogP contribution < -0.4 is 21.6 Å². The van der Waals surface area contributed by atoms with Gasteiger partial charge in [0.2, 0.25) is 5.95 Å². The molecule has 2 aromatic heterocycles. The summed E-state index contributed by atoms with van der Waals surface area (Å²) < 4.78 is 7.04. The molecule has 0 aliphatic carbocycles. The highest BCUT2D eigenvalue weighted by molar-refractivity contribution is 6.37. The SMILES string of the molecule is CN(C)CC1CN(c2ccc(Nc3ncc4c(N)n(-c5c(Cl)cccc5Cl)c(=O)nc4n3)cc2)CCO1. The van der Waals surface area contributed by atoms with Crippen molar-refractivity contribution in [3.05, 3.63) is 69.2 Å². The fraction of sp³-hybridized carbons (Fsp3) is 0.280. The quantitative estimate of drug-likeness (QED) is 0.378. The number of nitrogens with zero attached hydrogens (tertiary/aromatic N) is 6. The lowest BCUT2D eigenvalue weighted by Crippen LogP contribution is -2.46. The predicted octanol–water partition coefficient (Wildman–Crippen LogP) is 3.58. The minimum atomic E-state index is -0.646. The Morgan fingerprint density at radius 2 is 1.86 bits per heavy atom. The summed E-state index contributed by atoms with van der Waals surface area (Å²) in [7, 11) is 4.09. The van der Waals surface area contributed by atoms with Gasteiger partial charge < -0.3 is 25.6 Å². The first-order valence-corrected chi connectivity index (χ1v) is 12.4. The molecule has 0 amide bonds. The van der Waals surface area contributed by atoms with E-state index in [-0.39, 0.29) is 39.2 Å². The molecule has 3 heterocycles. The van der Waals surface area contributed by atoms with Crippen molar-refractivity contribution in [2.24, 2.45) is 0 Å². The van der Waals surface area contributed by atoms with Gasteiger partial charge in [-0.1, -0.05) is 29.3 Å². The Kier molecular flexibility index (Phi) is 7.16. The van der Waals surface area contributed by atoms with Crippen LogP contribution in [0.1, 0.15) is 0 Å². The van der Waals surface area contributed by atoms with Crippen LogP contribution in [-0.4, -0.2) is 70.9 Å². The van der Waals surface area contributed by atoms with Gasteiger partial charge in [-0.25, -0.2) is 14.3 Å². The minimum Gasteiger partial charge on any atom is -0.384 e. The van der Waals surface area contributed by atoms with Gasteiger partial charge in [-0.05, 0) is 50.5 Å². The Morgan fingerprint density at radius 3 is 2.57 bits per heavy atom. The molecular formula is C25H26Cl2N8O2. The summed E-state index contributed by atoms with van der Waals surface area (Å²) in [5.41, 5.74) is 8.00. The second-order valence-corrected chi connectivity index (χ2v) is 9.80. The van der Waals surface area contributed by atoms with E-state index in [1.165, 1.54) is 6.20 Å². The molecule has 5 rings (SSSR count). The van der Waals surface area contributed by atoms with Gasteiger partial charge in [-0.2, -0.15) is 9.97 Å². The van der Waals surface area contributed by atoms with Crippen molar-refractivity contribution >= 4 is 57.4 Å². The van der Waals surface area contributed by atoms with E-state index >= 15 is 0 Å². The van der Waals surface area contributed by atoms with Crippen molar-refractivity contribution in [3.63, 3.8) is 0 Å². The number of anilines is 4. The number of aromatic nitrogens is 4. The van der Waals surface area contributed by atoms with Crippen LogP contribution in [0.2, 0.25) is 10.0 Å². The minimum absolute atomic E-state index is 0.0963. The number of rotatable bonds is 6. The van der Waals surface area contributed by atoms with Gasteiger partial charge in [0.1, 0.15) is 5.82 Å². The largest absolute Gasteiger partial charge is 0.384 e. The Hall–Kier alpha value is -3.44. The van der Waals surface area contributed by atoms with Gasteiger partial charge in [0.15, 0.2) is 5.65 Å². The summed E-state index contributed by atoms with van der Waals surface area (Å²) >= 11 is 12.6. The van der Waals surface area contributed by atoms with E-state index in [2.05, 4.69) is 30.1 Å². The van der Waals surface area contributed by atoms with E-state index in [0.717, 1.165) is 35.6 Å². The zero-order valence-corrected chi connectivity index (χ0v) is 21.9. The summed E-state index contributed by atoms with van der Waals surface area (Å²) in [6.07, 6.45) is 1.69. The van der Waals surface area contributed by atoms with Gasteiger partial charge in [-0.3, -0.25) is 0 Å². The van der Waals surface area contributed by atoms with Crippen molar-refractivity contribution in [1.82, 2.24) is 24.4 Å². The molecule has 12 heteroatoms. The van der Waals surface area contributed by atoms with Gasteiger partial charge in [0, 0.05) is 37.2 Å². The molecule has 192 valence electrons. The average molecular weight is 541 g/mol. The molecule has 3 N–H and O–H groups in total. The van der Waals surface area contributed by atoms with Crippen molar-refractivity contribution in [1.29, 1.82) is 0 Å². The van der Waals surface area contributed by atoms with E-state index in [1.54, 1.807) is 18.2 Å². The van der Waals surface area contributed by atoms with Crippen molar-refractivity contribution in [2.75, 3.05) is 56.3 Å². The number of hydrogen-bond acceptors (Lipinski definition) is 9. The van der Waals surface area contributed by atoms with E-state index in [4.69, 9.17) is 33.7 Å². The van der Waals surface area contributed by atoms with Crippen LogP contribution in [0.25, 0.3) is 16.7 Å². The zero-order valence-electron chi connectivity index (χ0n) is 20.4. The first kappa shape index (κ1) is 25.2. The number of likely N-dealkylation sites (N-methyl/N-ethyl adjacent to an activating group) is 1. The molecule has 2 aromatic carbocycles. The maximum absolute atomic E-state index is 12.9. The first-order valence-electron chi connectivity index (χ1n) is 11.7. The summed E-state index contributed by atoms with van der Waals surface area (Å²) in [4.78, 5) is 30.2. The van der Waals surface area contributed by atoms with E-state index < -0.39 is 5.69 Å². The molecule has 1 saturated heterocycles. The third kappa shape index (κ3) is 5.33. The van der Waals surface area contributed by atoms with Crippen molar-refractivity contribution in [3.8, 4) is 5.69 Å². The van der Waals surface area contributed by atoms with Crippen molar-refractivity contribution in [2.45, 2.75) is 6.10 Å². The molecule has 4 aromatic rings. The molecule has 1 unspecified atom stereocenters. The third-order valence-corrected chi connectivity index (χ3v) is 6.65. The molecule has 1 fully saturated rings. The first-order chi connectivity index (χ1) is 17.8. The molecule has 0 saturated carbocycles. The number of hydrogen-bond donors (Lipinski definition) is 2. The number of nitrogens with two attached hydrogens (primary N) is 1. The van der Waals surface area contributed by atoms with Gasteiger partial charge in [0.25, 0.3) is 0 Å². The molecule has 0 spiro atoms. The average Bonchev–Trinajstić information content (AvgIpc) is 2.86.